The van der Waals surface area contributed by atoms with Crippen LogP contribution < -0.4 is 5.32 Å². The predicted molar refractivity (Wildman–Crippen MR) is 71.4 cm³/mol. The fourth-order valence-corrected chi connectivity index (χ4v) is 1.95. The first-order valence-electron chi connectivity index (χ1n) is 6.40. The van der Waals surface area contributed by atoms with E-state index in [1.807, 2.05) is 18.3 Å². The summed E-state index contributed by atoms with van der Waals surface area (Å²) in [5.74, 6) is 2.30. The van der Waals surface area contributed by atoms with E-state index in [9.17, 15) is 0 Å². The number of hydrogen-bond donors (Lipinski definition) is 1. The summed E-state index contributed by atoms with van der Waals surface area (Å²) in [5.41, 5.74) is 2.12. The van der Waals surface area contributed by atoms with Crippen LogP contribution in [0.2, 0.25) is 0 Å². The van der Waals surface area contributed by atoms with E-state index in [0.717, 1.165) is 29.4 Å². The van der Waals surface area contributed by atoms with Crippen LogP contribution in [0.4, 0.5) is 5.82 Å². The zero-order chi connectivity index (χ0) is 12.4. The highest BCUT2D eigenvalue weighted by Crippen LogP contribution is 2.40. The molecule has 0 bridgehead atoms. The van der Waals surface area contributed by atoms with Gasteiger partial charge in [0.05, 0.1) is 0 Å². The number of anilines is 1. The maximum absolute atomic E-state index is 4.66. The van der Waals surface area contributed by atoms with Crippen molar-refractivity contribution in [2.24, 2.45) is 0 Å². The number of hydrogen-bond acceptors (Lipinski definition) is 4. The average Bonchev–Trinajstić information content (AvgIpc) is 3.24. The lowest BCUT2D eigenvalue weighted by Crippen LogP contribution is -2.03. The summed E-state index contributed by atoms with van der Waals surface area (Å²) in [5, 5.41) is 3.27. The third kappa shape index (κ3) is 2.32. The molecule has 1 aliphatic carbocycles. The lowest BCUT2D eigenvalue weighted by Gasteiger charge is -2.08. The molecule has 0 radical (unpaired) electrons. The second-order valence-corrected chi connectivity index (χ2v) is 4.55. The maximum atomic E-state index is 4.66. The Hall–Kier alpha value is -1.97. The average molecular weight is 240 g/mol. The number of nitrogens with zero attached hydrogens (tertiary/aromatic N) is 3. The molecule has 1 N–H and O–H groups in total. The van der Waals surface area contributed by atoms with Crippen molar-refractivity contribution in [3.63, 3.8) is 0 Å². The lowest BCUT2D eigenvalue weighted by molar-refractivity contribution is 0.987. The van der Waals surface area contributed by atoms with E-state index in [4.69, 9.17) is 0 Å². The number of aromatic nitrogens is 3. The van der Waals surface area contributed by atoms with Crippen molar-refractivity contribution in [3.05, 3.63) is 36.3 Å². The summed E-state index contributed by atoms with van der Waals surface area (Å²) in [4.78, 5) is 13.3. The van der Waals surface area contributed by atoms with E-state index >= 15 is 0 Å². The Bertz CT molecular complexity index is 535. The van der Waals surface area contributed by atoms with Gasteiger partial charge in [-0.05, 0) is 31.9 Å². The Morgan fingerprint density at radius 1 is 1.33 bits per heavy atom. The molecule has 92 valence electrons. The van der Waals surface area contributed by atoms with Gasteiger partial charge in [-0.15, -0.1) is 0 Å². The molecule has 0 amide bonds. The quantitative estimate of drug-likeness (QED) is 0.892. The van der Waals surface area contributed by atoms with Crippen LogP contribution in [-0.4, -0.2) is 21.5 Å². The highest BCUT2D eigenvalue weighted by atomic mass is 15.0. The molecule has 1 saturated carbocycles. The van der Waals surface area contributed by atoms with Gasteiger partial charge in [0.25, 0.3) is 0 Å². The smallest absolute Gasteiger partial charge is 0.163 e. The largest absolute Gasteiger partial charge is 0.370 e. The minimum atomic E-state index is 0.626. The third-order valence-electron chi connectivity index (χ3n) is 3.02. The van der Waals surface area contributed by atoms with Crippen molar-refractivity contribution < 1.29 is 0 Å². The fourth-order valence-electron chi connectivity index (χ4n) is 1.95. The van der Waals surface area contributed by atoms with Crippen LogP contribution in [0.25, 0.3) is 11.4 Å². The van der Waals surface area contributed by atoms with Crippen LogP contribution in [0, 0.1) is 0 Å². The molecule has 2 aromatic heterocycles. The van der Waals surface area contributed by atoms with Gasteiger partial charge in [0.1, 0.15) is 5.82 Å². The van der Waals surface area contributed by atoms with Gasteiger partial charge in [-0.2, -0.15) is 0 Å². The lowest BCUT2D eigenvalue weighted by atomic mass is 10.2. The second kappa shape index (κ2) is 4.72. The minimum Gasteiger partial charge on any atom is -0.370 e. The Morgan fingerprint density at radius 3 is 2.89 bits per heavy atom. The molecule has 3 rings (SSSR count). The van der Waals surface area contributed by atoms with Gasteiger partial charge in [0, 0.05) is 42.2 Å². The predicted octanol–water partition coefficient (Wildman–Crippen LogP) is 2.85. The summed E-state index contributed by atoms with van der Waals surface area (Å²) in [6.45, 7) is 2.94. The van der Waals surface area contributed by atoms with Crippen molar-refractivity contribution in [3.8, 4) is 11.4 Å². The second-order valence-electron chi connectivity index (χ2n) is 4.55. The Labute approximate surface area is 107 Å². The summed E-state index contributed by atoms with van der Waals surface area (Å²) in [6.07, 6.45) is 6.06. The van der Waals surface area contributed by atoms with Gasteiger partial charge in [-0.1, -0.05) is 0 Å². The molecule has 0 aromatic carbocycles. The molecule has 0 saturated heterocycles. The molecule has 0 unspecified atom stereocenters. The van der Waals surface area contributed by atoms with Crippen molar-refractivity contribution in [2.45, 2.75) is 25.7 Å². The van der Waals surface area contributed by atoms with Gasteiger partial charge in [0.2, 0.25) is 0 Å². The summed E-state index contributed by atoms with van der Waals surface area (Å²) in [7, 11) is 0. The van der Waals surface area contributed by atoms with Gasteiger partial charge in [0.15, 0.2) is 5.82 Å². The van der Waals surface area contributed by atoms with Crippen LogP contribution in [0.15, 0.2) is 30.6 Å². The first kappa shape index (κ1) is 11.1. The molecule has 4 heteroatoms. The molecule has 2 heterocycles. The fraction of sp³-hybridized carbons (Fsp3) is 0.357. The normalized spacial score (nSPS) is 14.5. The highest BCUT2D eigenvalue weighted by Gasteiger charge is 2.26. The van der Waals surface area contributed by atoms with E-state index in [1.165, 1.54) is 12.8 Å². The van der Waals surface area contributed by atoms with Crippen molar-refractivity contribution >= 4 is 5.82 Å². The molecule has 1 fully saturated rings. The first-order valence-corrected chi connectivity index (χ1v) is 6.40. The summed E-state index contributed by atoms with van der Waals surface area (Å²) >= 11 is 0. The Kier molecular flexibility index (Phi) is 2.92. The van der Waals surface area contributed by atoms with Gasteiger partial charge in [-0.25, -0.2) is 9.97 Å². The summed E-state index contributed by atoms with van der Waals surface area (Å²) in [6, 6.07) is 5.98. The van der Waals surface area contributed by atoms with Gasteiger partial charge in [-0.3, -0.25) is 4.98 Å². The van der Waals surface area contributed by atoms with Gasteiger partial charge < -0.3 is 5.32 Å². The SMILES string of the molecule is CCNc1cc(C2CC2)nc(-c2cccnc2)n1. The number of nitrogens with one attached hydrogen (secondary N) is 1. The van der Waals surface area contributed by atoms with E-state index < -0.39 is 0 Å². The van der Waals surface area contributed by atoms with E-state index in [1.54, 1.807) is 6.20 Å². The molecule has 4 nitrogen and oxygen atoms in total. The number of pyridine rings is 1. The van der Waals surface area contributed by atoms with Crippen LogP contribution in [-0.2, 0) is 0 Å². The van der Waals surface area contributed by atoms with E-state index in [-0.39, 0.29) is 0 Å². The molecule has 0 aliphatic heterocycles. The monoisotopic (exact) mass is 240 g/mol. The molecule has 18 heavy (non-hydrogen) atoms. The first-order chi connectivity index (χ1) is 8.86. The maximum Gasteiger partial charge on any atom is 0.163 e. The zero-order valence-corrected chi connectivity index (χ0v) is 10.4. The molecule has 0 atom stereocenters. The molecule has 0 spiro atoms. The minimum absolute atomic E-state index is 0.626. The number of rotatable bonds is 4. The van der Waals surface area contributed by atoms with Crippen molar-refractivity contribution in [1.82, 2.24) is 15.0 Å². The molecular weight excluding hydrogens is 224 g/mol. The van der Waals surface area contributed by atoms with Crippen LogP contribution >= 0.6 is 0 Å². The summed E-state index contributed by atoms with van der Waals surface area (Å²) < 4.78 is 0. The van der Waals surface area contributed by atoms with Crippen LogP contribution in [0.1, 0.15) is 31.4 Å². The Balaban J connectivity index is 2.02. The standard InChI is InChI=1S/C14H16N4/c1-2-16-13-8-12(10-5-6-10)17-14(18-13)11-4-3-7-15-9-11/h3-4,7-10H,2,5-6H2,1H3,(H,16,17,18). The van der Waals surface area contributed by atoms with Crippen LogP contribution in [0.3, 0.4) is 0 Å². The third-order valence-corrected chi connectivity index (χ3v) is 3.02. The van der Waals surface area contributed by atoms with Gasteiger partial charge >= 0.3 is 0 Å². The van der Waals surface area contributed by atoms with E-state index in [2.05, 4.69) is 33.3 Å². The van der Waals surface area contributed by atoms with Crippen molar-refractivity contribution in [2.75, 3.05) is 11.9 Å². The van der Waals surface area contributed by atoms with E-state index in [0.29, 0.717) is 5.92 Å². The van der Waals surface area contributed by atoms with Crippen molar-refractivity contribution in [1.29, 1.82) is 0 Å². The highest BCUT2D eigenvalue weighted by molar-refractivity contribution is 5.56. The molecule has 2 aromatic rings. The zero-order valence-electron chi connectivity index (χ0n) is 10.4. The molecular formula is C14H16N4. The topological polar surface area (TPSA) is 50.7 Å². The Morgan fingerprint density at radius 2 is 2.22 bits per heavy atom. The van der Waals surface area contributed by atoms with Crippen LogP contribution in [0.5, 0.6) is 0 Å². The molecule has 1 aliphatic rings.